The van der Waals surface area contributed by atoms with Gasteiger partial charge in [0.25, 0.3) is 0 Å². The highest BCUT2D eigenvalue weighted by molar-refractivity contribution is 5.97. The zero-order chi connectivity index (χ0) is 14.1. The standard InChI is InChI=1S/C16H19N3O/c1-10(11-6-7-12(20)8-11)19-16-13-4-2-3-5-15(13)18-9-14(16)17/h2-6,9-10,12,20H,7-8,17H2,1H3,(H,18,19)/t10-,12?/m1/s1. The molecular weight excluding hydrogens is 250 g/mol. The van der Waals surface area contributed by atoms with Gasteiger partial charge in [0, 0.05) is 11.4 Å². The number of nitrogens with two attached hydrogens (primary N) is 1. The first kappa shape index (κ1) is 12.9. The van der Waals surface area contributed by atoms with Crippen LogP contribution in [0.25, 0.3) is 10.9 Å². The van der Waals surface area contributed by atoms with Gasteiger partial charge in [-0.2, -0.15) is 0 Å². The Labute approximate surface area is 118 Å². The van der Waals surface area contributed by atoms with E-state index in [0.717, 1.165) is 29.4 Å². The van der Waals surface area contributed by atoms with E-state index in [4.69, 9.17) is 5.73 Å². The lowest BCUT2D eigenvalue weighted by Crippen LogP contribution is -2.19. The Morgan fingerprint density at radius 3 is 2.95 bits per heavy atom. The summed E-state index contributed by atoms with van der Waals surface area (Å²) in [5.41, 5.74) is 9.80. The molecule has 0 fully saturated rings. The van der Waals surface area contributed by atoms with Crippen LogP contribution in [0.2, 0.25) is 0 Å². The fourth-order valence-electron chi connectivity index (χ4n) is 2.71. The number of nitrogens with zero attached hydrogens (tertiary/aromatic N) is 1. The Morgan fingerprint density at radius 2 is 2.20 bits per heavy atom. The van der Waals surface area contributed by atoms with Gasteiger partial charge in [0.05, 0.1) is 29.2 Å². The lowest BCUT2D eigenvalue weighted by Gasteiger charge is -2.20. The van der Waals surface area contributed by atoms with Crippen LogP contribution in [0.1, 0.15) is 19.8 Å². The third kappa shape index (κ3) is 2.34. The Bertz CT molecular complexity index is 666. The second-order valence-electron chi connectivity index (χ2n) is 5.34. The number of benzene rings is 1. The lowest BCUT2D eigenvalue weighted by molar-refractivity contribution is 0.187. The van der Waals surface area contributed by atoms with E-state index in [-0.39, 0.29) is 12.1 Å². The number of anilines is 2. The molecular formula is C16H19N3O. The summed E-state index contributed by atoms with van der Waals surface area (Å²) in [5.74, 6) is 0. The summed E-state index contributed by atoms with van der Waals surface area (Å²) in [4.78, 5) is 4.34. The molecule has 0 spiro atoms. The molecule has 2 atom stereocenters. The summed E-state index contributed by atoms with van der Waals surface area (Å²) in [6, 6.07) is 8.10. The maximum absolute atomic E-state index is 9.63. The SMILES string of the molecule is C[C@@H](Nc1c(N)cnc2ccccc12)C1=CCC(O)C1. The van der Waals surface area contributed by atoms with Crippen LogP contribution in [-0.2, 0) is 0 Å². The summed E-state index contributed by atoms with van der Waals surface area (Å²) >= 11 is 0. The van der Waals surface area contributed by atoms with Gasteiger partial charge in [-0.05, 0) is 31.4 Å². The summed E-state index contributed by atoms with van der Waals surface area (Å²) in [6.07, 6.45) is 5.04. The zero-order valence-corrected chi connectivity index (χ0v) is 11.5. The fraction of sp³-hybridized carbons (Fsp3) is 0.312. The van der Waals surface area contributed by atoms with Crippen LogP contribution in [0.3, 0.4) is 0 Å². The first-order chi connectivity index (χ1) is 9.65. The number of aliphatic hydroxyl groups excluding tert-OH is 1. The largest absolute Gasteiger partial charge is 0.396 e. The molecule has 4 N–H and O–H groups in total. The molecule has 0 saturated heterocycles. The summed E-state index contributed by atoms with van der Waals surface area (Å²) < 4.78 is 0. The quantitative estimate of drug-likeness (QED) is 0.749. The number of rotatable bonds is 3. The van der Waals surface area contributed by atoms with Gasteiger partial charge < -0.3 is 16.2 Å². The van der Waals surface area contributed by atoms with Crippen molar-refractivity contribution in [3.63, 3.8) is 0 Å². The number of hydrogen-bond donors (Lipinski definition) is 3. The molecule has 4 nitrogen and oxygen atoms in total. The molecule has 0 saturated carbocycles. The lowest BCUT2D eigenvalue weighted by atomic mass is 10.1. The Morgan fingerprint density at radius 1 is 1.40 bits per heavy atom. The van der Waals surface area contributed by atoms with Crippen molar-refractivity contribution in [2.24, 2.45) is 0 Å². The molecule has 1 aromatic heterocycles. The van der Waals surface area contributed by atoms with Gasteiger partial charge in [-0.15, -0.1) is 0 Å². The maximum atomic E-state index is 9.63. The average Bonchev–Trinajstić information content (AvgIpc) is 2.89. The molecule has 2 aromatic rings. The minimum atomic E-state index is -0.235. The maximum Gasteiger partial charge on any atom is 0.0743 e. The van der Waals surface area contributed by atoms with E-state index >= 15 is 0 Å². The molecule has 4 heteroatoms. The predicted octanol–water partition coefficient (Wildman–Crippen LogP) is 2.70. The van der Waals surface area contributed by atoms with E-state index in [1.165, 1.54) is 5.57 Å². The minimum Gasteiger partial charge on any atom is -0.396 e. The van der Waals surface area contributed by atoms with Crippen LogP contribution >= 0.6 is 0 Å². The van der Waals surface area contributed by atoms with E-state index in [1.807, 2.05) is 24.3 Å². The van der Waals surface area contributed by atoms with Crippen LogP contribution in [0.15, 0.2) is 42.1 Å². The van der Waals surface area contributed by atoms with Gasteiger partial charge >= 0.3 is 0 Å². The van der Waals surface area contributed by atoms with E-state index < -0.39 is 0 Å². The average molecular weight is 269 g/mol. The molecule has 1 aliphatic carbocycles. The molecule has 0 amide bonds. The van der Waals surface area contributed by atoms with Crippen molar-refractivity contribution in [1.29, 1.82) is 0 Å². The number of nitrogen functional groups attached to an aromatic ring is 1. The van der Waals surface area contributed by atoms with Gasteiger partial charge in [0.1, 0.15) is 0 Å². The summed E-state index contributed by atoms with van der Waals surface area (Å²) in [6.45, 7) is 2.10. The second kappa shape index (κ2) is 5.13. The number of pyridine rings is 1. The molecule has 0 aliphatic heterocycles. The van der Waals surface area contributed by atoms with Crippen molar-refractivity contribution in [3.05, 3.63) is 42.1 Å². The highest BCUT2D eigenvalue weighted by atomic mass is 16.3. The number of fused-ring (bicyclic) bond motifs is 1. The predicted molar refractivity (Wildman–Crippen MR) is 82.6 cm³/mol. The van der Waals surface area contributed by atoms with Crippen molar-refractivity contribution in [2.45, 2.75) is 31.9 Å². The number of para-hydroxylation sites is 1. The number of aromatic nitrogens is 1. The Hall–Kier alpha value is -2.07. The van der Waals surface area contributed by atoms with Crippen LogP contribution in [0.4, 0.5) is 11.4 Å². The van der Waals surface area contributed by atoms with Crippen molar-refractivity contribution >= 4 is 22.3 Å². The second-order valence-corrected chi connectivity index (χ2v) is 5.34. The van der Waals surface area contributed by atoms with Gasteiger partial charge in [-0.3, -0.25) is 4.98 Å². The highest BCUT2D eigenvalue weighted by Crippen LogP contribution is 2.30. The third-order valence-corrected chi connectivity index (χ3v) is 3.85. The number of nitrogens with one attached hydrogen (secondary N) is 1. The van der Waals surface area contributed by atoms with Crippen molar-refractivity contribution < 1.29 is 5.11 Å². The Balaban J connectivity index is 1.92. The molecule has 20 heavy (non-hydrogen) atoms. The van der Waals surface area contributed by atoms with Gasteiger partial charge in [-0.25, -0.2) is 0 Å². The fourth-order valence-corrected chi connectivity index (χ4v) is 2.71. The Kier molecular flexibility index (Phi) is 3.32. The number of hydrogen-bond acceptors (Lipinski definition) is 4. The van der Waals surface area contributed by atoms with Gasteiger partial charge in [0.15, 0.2) is 0 Å². The van der Waals surface area contributed by atoms with Gasteiger partial charge in [0.2, 0.25) is 0 Å². The molecule has 1 heterocycles. The van der Waals surface area contributed by atoms with Crippen LogP contribution < -0.4 is 11.1 Å². The van der Waals surface area contributed by atoms with E-state index in [1.54, 1.807) is 6.20 Å². The van der Waals surface area contributed by atoms with E-state index in [0.29, 0.717) is 5.69 Å². The molecule has 1 aromatic carbocycles. The van der Waals surface area contributed by atoms with Crippen LogP contribution in [0.5, 0.6) is 0 Å². The summed E-state index contributed by atoms with van der Waals surface area (Å²) in [5, 5.41) is 14.1. The topological polar surface area (TPSA) is 71.2 Å². The minimum absolute atomic E-state index is 0.153. The number of aliphatic hydroxyl groups is 1. The smallest absolute Gasteiger partial charge is 0.0743 e. The van der Waals surface area contributed by atoms with Crippen molar-refractivity contribution in [2.75, 3.05) is 11.1 Å². The van der Waals surface area contributed by atoms with Crippen LogP contribution in [0, 0.1) is 0 Å². The zero-order valence-electron chi connectivity index (χ0n) is 11.5. The monoisotopic (exact) mass is 269 g/mol. The van der Waals surface area contributed by atoms with E-state index in [2.05, 4.69) is 23.3 Å². The normalized spacial score (nSPS) is 19.9. The highest BCUT2D eigenvalue weighted by Gasteiger charge is 2.20. The van der Waals surface area contributed by atoms with Gasteiger partial charge in [-0.1, -0.05) is 24.3 Å². The first-order valence-corrected chi connectivity index (χ1v) is 6.92. The third-order valence-electron chi connectivity index (χ3n) is 3.85. The molecule has 1 aliphatic rings. The molecule has 0 bridgehead atoms. The molecule has 0 radical (unpaired) electrons. The van der Waals surface area contributed by atoms with E-state index in [9.17, 15) is 5.11 Å². The first-order valence-electron chi connectivity index (χ1n) is 6.92. The molecule has 104 valence electrons. The van der Waals surface area contributed by atoms with Crippen molar-refractivity contribution in [1.82, 2.24) is 4.98 Å². The van der Waals surface area contributed by atoms with Crippen LogP contribution in [-0.4, -0.2) is 22.2 Å². The summed E-state index contributed by atoms with van der Waals surface area (Å²) in [7, 11) is 0. The van der Waals surface area contributed by atoms with Crippen molar-refractivity contribution in [3.8, 4) is 0 Å². The molecule has 1 unspecified atom stereocenters. The molecule has 3 rings (SSSR count).